The summed E-state index contributed by atoms with van der Waals surface area (Å²) < 4.78 is 5.97. The summed E-state index contributed by atoms with van der Waals surface area (Å²) in [5.41, 5.74) is 3.05. The molecule has 114 valence electrons. The third-order valence-electron chi connectivity index (χ3n) is 3.48. The molecule has 1 aliphatic heterocycles. The van der Waals surface area contributed by atoms with Crippen molar-refractivity contribution < 1.29 is 9.84 Å². The van der Waals surface area contributed by atoms with Gasteiger partial charge >= 0.3 is 0 Å². The predicted octanol–water partition coefficient (Wildman–Crippen LogP) is 2.78. The summed E-state index contributed by atoms with van der Waals surface area (Å²) in [4.78, 5) is 13.9. The topological polar surface area (TPSA) is 68.1 Å². The van der Waals surface area contributed by atoms with Crippen LogP contribution in [0.1, 0.15) is 50.3 Å². The second kappa shape index (κ2) is 6.35. The molecule has 1 unspecified atom stereocenters. The lowest BCUT2D eigenvalue weighted by atomic mass is 10.1. The van der Waals surface area contributed by atoms with E-state index < -0.39 is 0 Å². The average molecular weight is 289 g/mol. The Hall–Kier alpha value is -1.75. The van der Waals surface area contributed by atoms with Crippen molar-refractivity contribution >= 4 is 10.9 Å². The van der Waals surface area contributed by atoms with E-state index in [1.165, 1.54) is 0 Å². The molecule has 0 fully saturated rings. The molecule has 1 N–H and O–H groups in total. The molecule has 3 heterocycles. The van der Waals surface area contributed by atoms with Gasteiger partial charge in [0.25, 0.3) is 0 Å². The minimum atomic E-state index is 0.174. The highest BCUT2D eigenvalue weighted by molar-refractivity contribution is 5.86. The maximum atomic E-state index is 7.00. The van der Waals surface area contributed by atoms with Crippen LogP contribution in [-0.4, -0.2) is 33.3 Å². The van der Waals surface area contributed by atoms with E-state index in [4.69, 9.17) is 9.84 Å². The normalized spacial score (nSPS) is 17.0. The molecule has 2 aromatic heterocycles. The minimum absolute atomic E-state index is 0.174. The van der Waals surface area contributed by atoms with Gasteiger partial charge in [-0.2, -0.15) is 4.98 Å². The third kappa shape index (κ3) is 3.13. The molecule has 0 spiro atoms. The molecular formula is C16H23N3O2. The molecule has 1 aliphatic rings. The van der Waals surface area contributed by atoms with Crippen molar-refractivity contribution in [1.29, 1.82) is 0 Å². The molecule has 0 saturated carbocycles. The van der Waals surface area contributed by atoms with Crippen LogP contribution < -0.4 is 4.74 Å². The van der Waals surface area contributed by atoms with E-state index in [1.807, 2.05) is 13.0 Å². The highest BCUT2D eigenvalue weighted by Crippen LogP contribution is 2.32. The largest absolute Gasteiger partial charge is 0.474 e. The van der Waals surface area contributed by atoms with Gasteiger partial charge in [-0.1, -0.05) is 13.8 Å². The minimum Gasteiger partial charge on any atom is -0.474 e. The van der Waals surface area contributed by atoms with E-state index in [-0.39, 0.29) is 6.10 Å². The number of aromatic nitrogens is 3. The molecule has 1 atom stereocenters. The van der Waals surface area contributed by atoms with Gasteiger partial charge in [-0.25, -0.2) is 4.98 Å². The second-order valence-electron chi connectivity index (χ2n) is 5.61. The Morgan fingerprint density at radius 3 is 2.62 bits per heavy atom. The molecule has 5 nitrogen and oxygen atoms in total. The molecule has 5 heteroatoms. The van der Waals surface area contributed by atoms with Crippen molar-refractivity contribution in [3.63, 3.8) is 0 Å². The fourth-order valence-electron chi connectivity index (χ4n) is 2.46. The highest BCUT2D eigenvalue weighted by Gasteiger charge is 2.21. The first kappa shape index (κ1) is 15.6. The summed E-state index contributed by atoms with van der Waals surface area (Å²) in [6, 6.07) is 2.02. The van der Waals surface area contributed by atoms with E-state index in [2.05, 4.69) is 35.7 Å². The van der Waals surface area contributed by atoms with E-state index in [9.17, 15) is 0 Å². The number of aliphatic hydroxyl groups excluding tert-OH is 1. The number of aryl methyl sites for hydroxylation is 2. The zero-order valence-electron chi connectivity index (χ0n) is 13.3. The maximum Gasteiger partial charge on any atom is 0.226 e. The maximum absolute atomic E-state index is 7.00. The first-order valence-electron chi connectivity index (χ1n) is 7.34. The molecule has 0 bridgehead atoms. The molecule has 2 aromatic rings. The zero-order valence-corrected chi connectivity index (χ0v) is 13.3. The number of pyridine rings is 1. The Balaban J connectivity index is 0.000000774. The smallest absolute Gasteiger partial charge is 0.226 e. The Bertz CT molecular complexity index is 641. The fraction of sp³-hybridized carbons (Fsp3) is 0.562. The SMILES string of the molecule is CO.Cc1cc2nc(C(C)C)nc3c2c(n1)CCC(C)O3. The number of nitrogens with zero attached hydrogens (tertiary/aromatic N) is 3. The average Bonchev–Trinajstić information content (AvgIpc) is 2.60. The molecule has 3 rings (SSSR count). The first-order chi connectivity index (χ1) is 10.0. The van der Waals surface area contributed by atoms with Crippen LogP contribution in [0.25, 0.3) is 10.9 Å². The van der Waals surface area contributed by atoms with E-state index in [0.29, 0.717) is 11.8 Å². The monoisotopic (exact) mass is 289 g/mol. The van der Waals surface area contributed by atoms with Crippen molar-refractivity contribution in [2.24, 2.45) is 0 Å². The molecule has 0 aliphatic carbocycles. The van der Waals surface area contributed by atoms with Crippen LogP contribution in [0.3, 0.4) is 0 Å². The van der Waals surface area contributed by atoms with Crippen molar-refractivity contribution in [2.75, 3.05) is 7.11 Å². The number of hydrogen-bond donors (Lipinski definition) is 1. The second-order valence-corrected chi connectivity index (χ2v) is 5.61. The van der Waals surface area contributed by atoms with Crippen molar-refractivity contribution in [3.05, 3.63) is 23.3 Å². The molecule has 0 aromatic carbocycles. The summed E-state index contributed by atoms with van der Waals surface area (Å²) in [6.45, 7) is 8.30. The summed E-state index contributed by atoms with van der Waals surface area (Å²) in [6.07, 6.45) is 2.07. The summed E-state index contributed by atoms with van der Waals surface area (Å²) in [5.74, 6) is 1.84. The molecule has 0 saturated heterocycles. The Morgan fingerprint density at radius 2 is 1.95 bits per heavy atom. The van der Waals surface area contributed by atoms with Gasteiger partial charge in [0.05, 0.1) is 22.7 Å². The van der Waals surface area contributed by atoms with Crippen LogP contribution in [0.2, 0.25) is 0 Å². The van der Waals surface area contributed by atoms with Crippen LogP contribution in [0.15, 0.2) is 6.07 Å². The van der Waals surface area contributed by atoms with Gasteiger partial charge in [0.2, 0.25) is 5.88 Å². The van der Waals surface area contributed by atoms with Gasteiger partial charge in [-0.15, -0.1) is 0 Å². The molecule has 0 amide bonds. The van der Waals surface area contributed by atoms with Crippen molar-refractivity contribution in [1.82, 2.24) is 15.0 Å². The van der Waals surface area contributed by atoms with Gasteiger partial charge in [-0.05, 0) is 32.8 Å². The van der Waals surface area contributed by atoms with Gasteiger partial charge in [0.15, 0.2) is 0 Å². The fourth-order valence-corrected chi connectivity index (χ4v) is 2.46. The van der Waals surface area contributed by atoms with Gasteiger partial charge in [0, 0.05) is 18.7 Å². The molecule has 21 heavy (non-hydrogen) atoms. The van der Waals surface area contributed by atoms with Crippen LogP contribution in [0.5, 0.6) is 5.88 Å². The number of aliphatic hydroxyl groups is 1. The van der Waals surface area contributed by atoms with Crippen LogP contribution in [-0.2, 0) is 6.42 Å². The number of ether oxygens (including phenoxy) is 1. The molecular weight excluding hydrogens is 266 g/mol. The number of hydrogen-bond acceptors (Lipinski definition) is 5. The Morgan fingerprint density at radius 1 is 1.24 bits per heavy atom. The zero-order chi connectivity index (χ0) is 15.6. The number of rotatable bonds is 1. The predicted molar refractivity (Wildman–Crippen MR) is 82.7 cm³/mol. The Kier molecular flexibility index (Phi) is 4.73. The lowest BCUT2D eigenvalue weighted by Crippen LogP contribution is -2.12. The summed E-state index contributed by atoms with van der Waals surface area (Å²) >= 11 is 0. The van der Waals surface area contributed by atoms with Crippen LogP contribution >= 0.6 is 0 Å². The quantitative estimate of drug-likeness (QED) is 0.874. The van der Waals surface area contributed by atoms with E-state index in [0.717, 1.165) is 48.1 Å². The van der Waals surface area contributed by atoms with Gasteiger partial charge in [0.1, 0.15) is 5.82 Å². The highest BCUT2D eigenvalue weighted by atomic mass is 16.5. The Labute approximate surface area is 125 Å². The van der Waals surface area contributed by atoms with E-state index in [1.54, 1.807) is 0 Å². The van der Waals surface area contributed by atoms with Gasteiger partial charge in [-0.3, -0.25) is 4.98 Å². The lowest BCUT2D eigenvalue weighted by molar-refractivity contribution is 0.209. The molecule has 0 radical (unpaired) electrons. The first-order valence-corrected chi connectivity index (χ1v) is 7.34. The summed E-state index contributed by atoms with van der Waals surface area (Å²) in [5, 5.41) is 8.00. The third-order valence-corrected chi connectivity index (χ3v) is 3.48. The van der Waals surface area contributed by atoms with Gasteiger partial charge < -0.3 is 9.84 Å². The lowest BCUT2D eigenvalue weighted by Gasteiger charge is -2.13. The van der Waals surface area contributed by atoms with Crippen molar-refractivity contribution in [2.45, 2.75) is 52.6 Å². The van der Waals surface area contributed by atoms with Crippen LogP contribution in [0.4, 0.5) is 0 Å². The van der Waals surface area contributed by atoms with E-state index >= 15 is 0 Å². The summed E-state index contributed by atoms with van der Waals surface area (Å²) in [7, 11) is 1.00. The standard InChI is InChI=1S/C15H19N3O.CH4O/c1-8(2)14-17-12-7-9(3)16-11-6-5-10(4)19-15(18-14)13(11)12;1-2/h7-8,10H,5-6H2,1-4H3;2H,1H3. The van der Waals surface area contributed by atoms with Crippen LogP contribution in [0, 0.1) is 6.92 Å². The van der Waals surface area contributed by atoms with Crippen molar-refractivity contribution in [3.8, 4) is 5.88 Å².